The maximum absolute atomic E-state index is 13.3. The maximum Gasteiger partial charge on any atom is 0.292 e. The van der Waals surface area contributed by atoms with Gasteiger partial charge >= 0.3 is 0 Å². The van der Waals surface area contributed by atoms with Gasteiger partial charge in [0, 0.05) is 30.5 Å². The number of nitrogens with zero attached hydrogens (tertiary/aromatic N) is 2. The van der Waals surface area contributed by atoms with Crippen molar-refractivity contribution in [2.75, 3.05) is 5.32 Å². The highest BCUT2D eigenvalue weighted by Gasteiger charge is 2.39. The fourth-order valence-electron chi connectivity index (χ4n) is 3.15. The normalized spacial score (nSPS) is 19.4. The number of hydrogen-bond acceptors (Lipinski definition) is 5. The summed E-state index contributed by atoms with van der Waals surface area (Å²) in [6.07, 6.45) is -0.221. The van der Waals surface area contributed by atoms with E-state index in [2.05, 4.69) is 10.5 Å². The number of hydrogen-bond donors (Lipinski definition) is 1. The van der Waals surface area contributed by atoms with Crippen LogP contribution >= 0.6 is 0 Å². The zero-order chi connectivity index (χ0) is 17.5. The number of alkyl halides is 2. The molecular weight excluding hydrogens is 320 g/mol. The molecule has 0 spiro atoms. The number of rotatable bonds is 4. The van der Waals surface area contributed by atoms with Gasteiger partial charge in [0.25, 0.3) is 5.69 Å². The number of aromatic nitrogens is 1. The molecule has 3 rings (SSSR count). The van der Waals surface area contributed by atoms with Crippen LogP contribution in [0.5, 0.6) is 0 Å². The molecule has 0 unspecified atom stereocenters. The Hall–Kier alpha value is -2.51. The Morgan fingerprint density at radius 2 is 2.17 bits per heavy atom. The quantitative estimate of drug-likeness (QED) is 0.658. The smallest absolute Gasteiger partial charge is 0.292 e. The van der Waals surface area contributed by atoms with Gasteiger partial charge in [-0.15, -0.1) is 0 Å². The number of nitro benzene ring substituents is 1. The van der Waals surface area contributed by atoms with Crippen molar-refractivity contribution in [3.63, 3.8) is 0 Å². The Balaban J connectivity index is 1.93. The van der Waals surface area contributed by atoms with Crippen LogP contribution in [0.3, 0.4) is 0 Å². The highest BCUT2D eigenvalue weighted by Crippen LogP contribution is 2.39. The summed E-state index contributed by atoms with van der Waals surface area (Å²) in [6.45, 7) is 3.48. The number of anilines is 1. The van der Waals surface area contributed by atoms with Crippen LogP contribution in [-0.2, 0) is 0 Å². The van der Waals surface area contributed by atoms with Crippen molar-refractivity contribution < 1.29 is 18.2 Å². The summed E-state index contributed by atoms with van der Waals surface area (Å²) in [6, 6.07) is 4.20. The Bertz CT molecular complexity index is 769. The first-order valence-corrected chi connectivity index (χ1v) is 7.63. The molecule has 8 heteroatoms. The predicted octanol–water partition coefficient (Wildman–Crippen LogP) is 4.47. The second kappa shape index (κ2) is 5.85. The van der Waals surface area contributed by atoms with Crippen molar-refractivity contribution in [1.29, 1.82) is 0 Å². The van der Waals surface area contributed by atoms with Crippen LogP contribution in [0.15, 0.2) is 22.7 Å². The summed E-state index contributed by atoms with van der Waals surface area (Å²) in [5.41, 5.74) is 2.05. The molecule has 128 valence electrons. The van der Waals surface area contributed by atoms with Gasteiger partial charge in [0.05, 0.1) is 10.6 Å². The van der Waals surface area contributed by atoms with Crippen LogP contribution < -0.4 is 5.32 Å². The van der Waals surface area contributed by atoms with Gasteiger partial charge < -0.3 is 9.84 Å². The molecule has 0 radical (unpaired) electrons. The molecule has 0 aliphatic heterocycles. The van der Waals surface area contributed by atoms with E-state index in [1.54, 1.807) is 26.0 Å². The second-order valence-electron chi connectivity index (χ2n) is 6.13. The lowest BCUT2D eigenvalue weighted by molar-refractivity contribution is -0.383. The molecule has 1 atom stereocenters. The van der Waals surface area contributed by atoms with Crippen molar-refractivity contribution in [1.82, 2.24) is 5.16 Å². The topological polar surface area (TPSA) is 81.2 Å². The summed E-state index contributed by atoms with van der Waals surface area (Å²) in [4.78, 5) is 10.9. The molecule has 1 aromatic heterocycles. The van der Waals surface area contributed by atoms with Gasteiger partial charge in [0.1, 0.15) is 11.4 Å². The predicted molar refractivity (Wildman–Crippen MR) is 84.3 cm³/mol. The Morgan fingerprint density at radius 1 is 1.42 bits per heavy atom. The first-order chi connectivity index (χ1) is 11.3. The molecule has 1 aromatic carbocycles. The minimum absolute atomic E-state index is 0.150. The SMILES string of the molecule is Cc1noc(C)c1-c1ccc(N[C@@H]2CCC(F)(F)C2)c([N+](=O)[O-])c1. The second-order valence-corrected chi connectivity index (χ2v) is 6.13. The molecule has 1 saturated carbocycles. The third-order valence-electron chi connectivity index (χ3n) is 4.28. The van der Waals surface area contributed by atoms with E-state index in [4.69, 9.17) is 4.52 Å². The summed E-state index contributed by atoms with van der Waals surface area (Å²) in [5.74, 6) is -2.14. The van der Waals surface area contributed by atoms with Crippen molar-refractivity contribution in [3.05, 3.63) is 39.8 Å². The van der Waals surface area contributed by atoms with Gasteiger partial charge in [-0.25, -0.2) is 8.78 Å². The van der Waals surface area contributed by atoms with E-state index in [-0.39, 0.29) is 30.6 Å². The fourth-order valence-corrected chi connectivity index (χ4v) is 3.15. The first-order valence-electron chi connectivity index (χ1n) is 7.63. The lowest BCUT2D eigenvalue weighted by Crippen LogP contribution is -2.19. The molecule has 1 heterocycles. The number of nitrogens with one attached hydrogen (secondary N) is 1. The van der Waals surface area contributed by atoms with Crippen LogP contribution in [0.25, 0.3) is 11.1 Å². The van der Waals surface area contributed by atoms with Crippen molar-refractivity contribution >= 4 is 11.4 Å². The van der Waals surface area contributed by atoms with E-state index < -0.39 is 16.9 Å². The molecule has 1 fully saturated rings. The summed E-state index contributed by atoms with van der Waals surface area (Å²) < 4.78 is 31.7. The largest absolute Gasteiger partial charge is 0.377 e. The molecule has 1 N–H and O–H groups in total. The Morgan fingerprint density at radius 3 is 2.71 bits per heavy atom. The van der Waals surface area contributed by atoms with Crippen LogP contribution in [0.2, 0.25) is 0 Å². The van der Waals surface area contributed by atoms with Crippen LogP contribution in [-0.4, -0.2) is 22.0 Å². The van der Waals surface area contributed by atoms with Gasteiger partial charge in [-0.3, -0.25) is 10.1 Å². The molecule has 0 bridgehead atoms. The van der Waals surface area contributed by atoms with E-state index in [1.807, 2.05) is 0 Å². The Kier molecular flexibility index (Phi) is 3.98. The standard InChI is InChI=1S/C16H17F2N3O3/c1-9-15(10(2)24-20-9)11-3-4-13(14(7-11)21(22)23)19-12-5-6-16(17,18)8-12/h3-4,7,12,19H,5-6,8H2,1-2H3/t12-/m1/s1. The molecule has 1 aliphatic carbocycles. The molecule has 1 aliphatic rings. The zero-order valence-electron chi connectivity index (χ0n) is 13.3. The van der Waals surface area contributed by atoms with Gasteiger partial charge in [0.15, 0.2) is 0 Å². The Labute approximate surface area is 137 Å². The van der Waals surface area contributed by atoms with E-state index in [1.165, 1.54) is 6.07 Å². The molecule has 0 amide bonds. The van der Waals surface area contributed by atoms with Crippen molar-refractivity contribution in [3.8, 4) is 11.1 Å². The summed E-state index contributed by atoms with van der Waals surface area (Å²) >= 11 is 0. The lowest BCUT2D eigenvalue weighted by Gasteiger charge is -2.15. The summed E-state index contributed by atoms with van der Waals surface area (Å²) in [7, 11) is 0. The molecule has 6 nitrogen and oxygen atoms in total. The van der Waals surface area contributed by atoms with Crippen molar-refractivity contribution in [2.24, 2.45) is 0 Å². The zero-order valence-corrected chi connectivity index (χ0v) is 13.3. The van der Waals surface area contributed by atoms with Crippen LogP contribution in [0.1, 0.15) is 30.7 Å². The lowest BCUT2D eigenvalue weighted by atomic mass is 10.0. The number of benzene rings is 1. The monoisotopic (exact) mass is 337 g/mol. The van der Waals surface area contributed by atoms with E-state index in [0.29, 0.717) is 22.6 Å². The number of aryl methyl sites for hydroxylation is 2. The first kappa shape index (κ1) is 16.4. The highest BCUT2D eigenvalue weighted by molar-refractivity contribution is 5.75. The van der Waals surface area contributed by atoms with E-state index in [0.717, 1.165) is 0 Å². The van der Waals surface area contributed by atoms with Gasteiger partial charge in [-0.1, -0.05) is 11.2 Å². The summed E-state index contributed by atoms with van der Waals surface area (Å²) in [5, 5.41) is 18.1. The van der Waals surface area contributed by atoms with Gasteiger partial charge in [-0.05, 0) is 31.9 Å². The fraction of sp³-hybridized carbons (Fsp3) is 0.438. The van der Waals surface area contributed by atoms with E-state index >= 15 is 0 Å². The van der Waals surface area contributed by atoms with Crippen LogP contribution in [0, 0.1) is 24.0 Å². The third-order valence-corrected chi connectivity index (χ3v) is 4.28. The molecule has 24 heavy (non-hydrogen) atoms. The molecule has 0 saturated heterocycles. The molecular formula is C16H17F2N3O3. The van der Waals surface area contributed by atoms with Gasteiger partial charge in [-0.2, -0.15) is 0 Å². The minimum Gasteiger partial charge on any atom is -0.377 e. The van der Waals surface area contributed by atoms with Crippen LogP contribution in [0.4, 0.5) is 20.2 Å². The number of halogens is 2. The van der Waals surface area contributed by atoms with Crippen molar-refractivity contribution in [2.45, 2.75) is 45.1 Å². The third kappa shape index (κ3) is 3.08. The molecule has 2 aromatic rings. The van der Waals surface area contributed by atoms with Gasteiger partial charge in [0.2, 0.25) is 5.92 Å². The highest BCUT2D eigenvalue weighted by atomic mass is 19.3. The minimum atomic E-state index is -2.71. The number of nitro groups is 1. The maximum atomic E-state index is 13.3. The van der Waals surface area contributed by atoms with E-state index in [9.17, 15) is 18.9 Å². The average molecular weight is 337 g/mol. The average Bonchev–Trinajstić information content (AvgIpc) is 3.01.